The zero-order valence-electron chi connectivity index (χ0n) is 12.7. The Bertz CT molecular complexity index is 381. The molecule has 114 valence electrons. The van der Waals surface area contributed by atoms with Crippen LogP contribution in [0, 0.1) is 5.82 Å². The van der Waals surface area contributed by atoms with Crippen LogP contribution in [0.15, 0.2) is 22.7 Å². The first-order chi connectivity index (χ1) is 9.70. The maximum Gasteiger partial charge on any atom is 0.142 e. The standard InChI is InChI=1S/C17H27BrFN/c1-3-5-6-7-8-12-16(20-13-4-2)14-10-9-11-15(18)17(14)19/h9-11,16,20H,3-8,12-13H2,1-2H3. The smallest absolute Gasteiger partial charge is 0.142 e. The zero-order valence-corrected chi connectivity index (χ0v) is 14.3. The molecular formula is C17H27BrFN. The highest BCUT2D eigenvalue weighted by Gasteiger charge is 2.16. The molecule has 0 aromatic heterocycles. The van der Waals surface area contributed by atoms with Gasteiger partial charge in [0.15, 0.2) is 0 Å². The van der Waals surface area contributed by atoms with Crippen LogP contribution < -0.4 is 5.32 Å². The van der Waals surface area contributed by atoms with Gasteiger partial charge < -0.3 is 5.32 Å². The third-order valence-corrected chi connectivity index (χ3v) is 4.21. The van der Waals surface area contributed by atoms with Gasteiger partial charge in [0.1, 0.15) is 5.82 Å². The average molecular weight is 344 g/mol. The lowest BCUT2D eigenvalue weighted by molar-refractivity contribution is 0.449. The lowest BCUT2D eigenvalue weighted by atomic mass is 9.99. The van der Waals surface area contributed by atoms with Crippen LogP contribution in [-0.2, 0) is 0 Å². The Balaban J connectivity index is 2.61. The van der Waals surface area contributed by atoms with Gasteiger partial charge in [0.2, 0.25) is 0 Å². The SMILES string of the molecule is CCCCCCCC(NCCC)c1cccc(Br)c1F. The van der Waals surface area contributed by atoms with Crippen molar-refractivity contribution in [3.8, 4) is 0 Å². The Morgan fingerprint density at radius 3 is 2.55 bits per heavy atom. The fraction of sp³-hybridized carbons (Fsp3) is 0.647. The van der Waals surface area contributed by atoms with Crippen molar-refractivity contribution in [2.24, 2.45) is 0 Å². The second-order valence-corrected chi connectivity index (χ2v) is 6.21. The van der Waals surface area contributed by atoms with Crippen LogP contribution in [0.3, 0.4) is 0 Å². The van der Waals surface area contributed by atoms with Crippen LogP contribution >= 0.6 is 15.9 Å². The van der Waals surface area contributed by atoms with Crippen molar-refractivity contribution >= 4 is 15.9 Å². The minimum absolute atomic E-state index is 0.116. The molecule has 0 bridgehead atoms. The zero-order chi connectivity index (χ0) is 14.8. The van der Waals surface area contributed by atoms with Gasteiger partial charge in [-0.1, -0.05) is 58.1 Å². The largest absolute Gasteiger partial charge is 0.310 e. The molecule has 0 aliphatic heterocycles. The van der Waals surface area contributed by atoms with Gasteiger partial charge in [0, 0.05) is 11.6 Å². The molecule has 1 aromatic carbocycles. The first kappa shape index (κ1) is 17.6. The summed E-state index contributed by atoms with van der Waals surface area (Å²) in [5.41, 5.74) is 0.795. The van der Waals surface area contributed by atoms with Crippen LogP contribution in [0.4, 0.5) is 4.39 Å². The predicted octanol–water partition coefficient (Wildman–Crippen LogP) is 5.99. The normalized spacial score (nSPS) is 12.6. The summed E-state index contributed by atoms with van der Waals surface area (Å²) >= 11 is 3.28. The highest BCUT2D eigenvalue weighted by atomic mass is 79.9. The van der Waals surface area contributed by atoms with Crippen molar-refractivity contribution in [3.05, 3.63) is 34.1 Å². The monoisotopic (exact) mass is 343 g/mol. The molecule has 0 aliphatic rings. The molecule has 0 fully saturated rings. The number of rotatable bonds is 10. The second kappa shape index (κ2) is 10.3. The van der Waals surface area contributed by atoms with Crippen molar-refractivity contribution in [3.63, 3.8) is 0 Å². The number of hydrogen-bond acceptors (Lipinski definition) is 1. The van der Waals surface area contributed by atoms with Crippen LogP contribution in [0.5, 0.6) is 0 Å². The van der Waals surface area contributed by atoms with Crippen LogP contribution in [-0.4, -0.2) is 6.54 Å². The lowest BCUT2D eigenvalue weighted by Crippen LogP contribution is -2.23. The van der Waals surface area contributed by atoms with E-state index in [2.05, 4.69) is 35.1 Å². The molecule has 3 heteroatoms. The van der Waals surface area contributed by atoms with E-state index < -0.39 is 0 Å². The summed E-state index contributed by atoms with van der Waals surface area (Å²) in [6.07, 6.45) is 8.34. The Labute approximate surface area is 131 Å². The maximum atomic E-state index is 14.2. The van der Waals surface area contributed by atoms with Gasteiger partial charge in [0.25, 0.3) is 0 Å². The van der Waals surface area contributed by atoms with Crippen molar-refractivity contribution in [2.45, 2.75) is 64.8 Å². The topological polar surface area (TPSA) is 12.0 Å². The fourth-order valence-corrected chi connectivity index (χ4v) is 2.81. The lowest BCUT2D eigenvalue weighted by Gasteiger charge is -2.20. The summed E-state index contributed by atoms with van der Waals surface area (Å²) in [5, 5.41) is 3.48. The third kappa shape index (κ3) is 5.92. The van der Waals surface area contributed by atoms with Crippen molar-refractivity contribution < 1.29 is 4.39 Å². The molecule has 1 N–H and O–H groups in total. The summed E-state index contributed by atoms with van der Waals surface area (Å²) in [4.78, 5) is 0. The van der Waals surface area contributed by atoms with E-state index in [0.29, 0.717) is 4.47 Å². The number of hydrogen-bond donors (Lipinski definition) is 1. The van der Waals surface area contributed by atoms with E-state index in [1.54, 1.807) is 6.07 Å². The molecule has 1 nitrogen and oxygen atoms in total. The van der Waals surface area contributed by atoms with E-state index in [4.69, 9.17) is 0 Å². The fourth-order valence-electron chi connectivity index (χ4n) is 2.43. The number of benzene rings is 1. The number of nitrogens with one attached hydrogen (secondary N) is 1. The highest BCUT2D eigenvalue weighted by Crippen LogP contribution is 2.27. The van der Waals surface area contributed by atoms with Crippen molar-refractivity contribution in [2.75, 3.05) is 6.54 Å². The molecule has 1 unspecified atom stereocenters. The van der Waals surface area contributed by atoms with Gasteiger partial charge >= 0.3 is 0 Å². The van der Waals surface area contributed by atoms with Crippen molar-refractivity contribution in [1.29, 1.82) is 0 Å². The van der Waals surface area contributed by atoms with Gasteiger partial charge in [0.05, 0.1) is 4.47 Å². The Kier molecular flexibility index (Phi) is 9.12. The molecule has 1 rings (SSSR count). The minimum Gasteiger partial charge on any atom is -0.310 e. The quantitative estimate of drug-likeness (QED) is 0.514. The first-order valence-corrected chi connectivity index (χ1v) is 8.67. The van der Waals surface area contributed by atoms with E-state index in [-0.39, 0.29) is 11.9 Å². The average Bonchev–Trinajstić information content (AvgIpc) is 2.45. The summed E-state index contributed by atoms with van der Waals surface area (Å²) in [5.74, 6) is -0.116. The van der Waals surface area contributed by atoms with E-state index in [0.717, 1.165) is 31.4 Å². The molecule has 0 aliphatic carbocycles. The van der Waals surface area contributed by atoms with Crippen LogP contribution in [0.2, 0.25) is 0 Å². The van der Waals surface area contributed by atoms with Gasteiger partial charge in [-0.15, -0.1) is 0 Å². The van der Waals surface area contributed by atoms with Gasteiger partial charge in [-0.05, 0) is 41.4 Å². The predicted molar refractivity (Wildman–Crippen MR) is 88.5 cm³/mol. The highest BCUT2D eigenvalue weighted by molar-refractivity contribution is 9.10. The molecule has 0 saturated carbocycles. The molecule has 1 aromatic rings. The van der Waals surface area contributed by atoms with E-state index in [1.165, 1.54) is 25.7 Å². The maximum absolute atomic E-state index is 14.2. The van der Waals surface area contributed by atoms with E-state index >= 15 is 0 Å². The summed E-state index contributed by atoms with van der Waals surface area (Å²) in [6.45, 7) is 5.30. The number of halogens is 2. The molecule has 0 heterocycles. The van der Waals surface area contributed by atoms with Crippen molar-refractivity contribution in [1.82, 2.24) is 5.32 Å². The van der Waals surface area contributed by atoms with Gasteiger partial charge in [-0.2, -0.15) is 0 Å². The molecule has 0 spiro atoms. The second-order valence-electron chi connectivity index (χ2n) is 5.35. The molecule has 0 saturated heterocycles. The first-order valence-electron chi connectivity index (χ1n) is 7.88. The summed E-state index contributed by atoms with van der Waals surface area (Å²) < 4.78 is 14.8. The van der Waals surface area contributed by atoms with E-state index in [9.17, 15) is 4.39 Å². The summed E-state index contributed by atoms with van der Waals surface area (Å²) in [6, 6.07) is 5.71. The van der Waals surface area contributed by atoms with Crippen LogP contribution in [0.1, 0.15) is 70.4 Å². The minimum atomic E-state index is -0.116. The summed E-state index contributed by atoms with van der Waals surface area (Å²) in [7, 11) is 0. The third-order valence-electron chi connectivity index (χ3n) is 3.59. The Morgan fingerprint density at radius 2 is 1.85 bits per heavy atom. The molecule has 1 atom stereocenters. The molecule has 20 heavy (non-hydrogen) atoms. The Morgan fingerprint density at radius 1 is 1.10 bits per heavy atom. The van der Waals surface area contributed by atoms with E-state index in [1.807, 2.05) is 12.1 Å². The molecule has 0 radical (unpaired) electrons. The molecule has 0 amide bonds. The van der Waals surface area contributed by atoms with Gasteiger partial charge in [-0.3, -0.25) is 0 Å². The molecular weight excluding hydrogens is 317 g/mol. The van der Waals surface area contributed by atoms with Gasteiger partial charge in [-0.25, -0.2) is 4.39 Å². The Hall–Kier alpha value is -0.410. The van der Waals surface area contributed by atoms with Crippen LogP contribution in [0.25, 0.3) is 0 Å². The number of unbranched alkanes of at least 4 members (excludes halogenated alkanes) is 4.